The topological polar surface area (TPSA) is 18.5 Å². The van der Waals surface area contributed by atoms with Gasteiger partial charge in [-0.3, -0.25) is 0 Å². The van der Waals surface area contributed by atoms with E-state index in [1.54, 1.807) is 14.2 Å². The fourth-order valence-corrected chi connectivity index (χ4v) is 2.20. The van der Waals surface area contributed by atoms with Gasteiger partial charge < -0.3 is 9.47 Å². The molecular weight excluding hydrogens is 236 g/mol. The quantitative estimate of drug-likeness (QED) is 0.803. The molecule has 0 aromatic heterocycles. The molecule has 2 nitrogen and oxygen atoms in total. The van der Waals surface area contributed by atoms with E-state index in [9.17, 15) is 0 Å². The molecule has 1 unspecified atom stereocenters. The average molecular weight is 256 g/mol. The Morgan fingerprint density at radius 3 is 2.21 bits per heavy atom. The Morgan fingerprint density at radius 2 is 1.58 bits per heavy atom. The largest absolute Gasteiger partial charge is 0.497 e. The third kappa shape index (κ3) is 3.50. The molecule has 0 aliphatic carbocycles. The van der Waals surface area contributed by atoms with Gasteiger partial charge in [0.2, 0.25) is 0 Å². The molecule has 2 aromatic carbocycles. The second-order valence-electron chi connectivity index (χ2n) is 4.73. The zero-order valence-electron chi connectivity index (χ0n) is 11.7. The Balaban J connectivity index is 2.08. The smallest absolute Gasteiger partial charge is 0.119 e. The Kier molecular flexibility index (Phi) is 4.45. The maximum Gasteiger partial charge on any atom is 0.119 e. The molecule has 0 saturated heterocycles. The van der Waals surface area contributed by atoms with Crippen molar-refractivity contribution in [2.24, 2.45) is 0 Å². The summed E-state index contributed by atoms with van der Waals surface area (Å²) in [7, 11) is 3.39. The van der Waals surface area contributed by atoms with Crippen LogP contribution < -0.4 is 9.47 Å². The highest BCUT2D eigenvalue weighted by atomic mass is 16.5. The summed E-state index contributed by atoms with van der Waals surface area (Å²) in [5, 5.41) is 0. The highest BCUT2D eigenvalue weighted by Gasteiger charge is 2.07. The van der Waals surface area contributed by atoms with Gasteiger partial charge in [0.15, 0.2) is 0 Å². The van der Waals surface area contributed by atoms with Crippen molar-refractivity contribution in [3.63, 3.8) is 0 Å². The summed E-state index contributed by atoms with van der Waals surface area (Å²) in [6, 6.07) is 16.5. The van der Waals surface area contributed by atoms with Gasteiger partial charge in [-0.15, -0.1) is 0 Å². The third-order valence-electron chi connectivity index (χ3n) is 3.36. The van der Waals surface area contributed by atoms with Crippen LogP contribution in [-0.2, 0) is 6.42 Å². The first-order valence-corrected chi connectivity index (χ1v) is 6.50. The van der Waals surface area contributed by atoms with Crippen LogP contribution in [0.3, 0.4) is 0 Å². The summed E-state index contributed by atoms with van der Waals surface area (Å²) in [4.78, 5) is 0. The van der Waals surface area contributed by atoms with Crippen LogP contribution in [-0.4, -0.2) is 14.2 Å². The SMILES string of the molecule is COc1ccc(C(C)Cc2cccc(OC)c2)cc1. The number of rotatable bonds is 5. The molecule has 19 heavy (non-hydrogen) atoms. The minimum absolute atomic E-state index is 0.470. The first-order valence-electron chi connectivity index (χ1n) is 6.50. The van der Waals surface area contributed by atoms with E-state index < -0.39 is 0 Å². The molecule has 2 rings (SSSR count). The predicted molar refractivity (Wildman–Crippen MR) is 78.1 cm³/mol. The summed E-state index contributed by atoms with van der Waals surface area (Å²) in [5.74, 6) is 2.29. The highest BCUT2D eigenvalue weighted by molar-refractivity contribution is 5.32. The number of benzene rings is 2. The number of hydrogen-bond donors (Lipinski definition) is 0. The molecular formula is C17H20O2. The minimum atomic E-state index is 0.470. The Morgan fingerprint density at radius 1 is 0.895 bits per heavy atom. The Hall–Kier alpha value is -1.96. The van der Waals surface area contributed by atoms with E-state index in [0.717, 1.165) is 17.9 Å². The van der Waals surface area contributed by atoms with Gasteiger partial charge in [-0.1, -0.05) is 31.2 Å². The Bertz CT molecular complexity index is 517. The van der Waals surface area contributed by atoms with Gasteiger partial charge in [0.1, 0.15) is 11.5 Å². The maximum atomic E-state index is 5.26. The van der Waals surface area contributed by atoms with E-state index >= 15 is 0 Å². The first-order chi connectivity index (χ1) is 9.22. The van der Waals surface area contributed by atoms with Gasteiger partial charge in [0, 0.05) is 0 Å². The van der Waals surface area contributed by atoms with Crippen LogP contribution in [0, 0.1) is 0 Å². The molecule has 2 heteroatoms. The maximum absolute atomic E-state index is 5.26. The fraction of sp³-hybridized carbons (Fsp3) is 0.294. The van der Waals surface area contributed by atoms with Crippen LogP contribution in [0.15, 0.2) is 48.5 Å². The second kappa shape index (κ2) is 6.28. The van der Waals surface area contributed by atoms with E-state index in [1.165, 1.54) is 11.1 Å². The zero-order valence-corrected chi connectivity index (χ0v) is 11.7. The van der Waals surface area contributed by atoms with E-state index in [4.69, 9.17) is 9.47 Å². The summed E-state index contributed by atoms with van der Waals surface area (Å²) in [6.07, 6.45) is 1.00. The van der Waals surface area contributed by atoms with Crippen LogP contribution in [0.1, 0.15) is 24.0 Å². The highest BCUT2D eigenvalue weighted by Crippen LogP contribution is 2.24. The van der Waals surface area contributed by atoms with Crippen molar-refractivity contribution in [3.8, 4) is 11.5 Å². The summed E-state index contributed by atoms with van der Waals surface area (Å²) in [5.41, 5.74) is 2.62. The van der Waals surface area contributed by atoms with Crippen molar-refractivity contribution >= 4 is 0 Å². The zero-order chi connectivity index (χ0) is 13.7. The van der Waals surface area contributed by atoms with Gasteiger partial charge in [-0.25, -0.2) is 0 Å². The average Bonchev–Trinajstić information content (AvgIpc) is 2.47. The summed E-state index contributed by atoms with van der Waals surface area (Å²) >= 11 is 0. The molecule has 0 heterocycles. The summed E-state index contributed by atoms with van der Waals surface area (Å²) < 4.78 is 10.4. The van der Waals surface area contributed by atoms with E-state index in [0.29, 0.717) is 5.92 Å². The third-order valence-corrected chi connectivity index (χ3v) is 3.36. The summed E-state index contributed by atoms with van der Waals surface area (Å²) in [6.45, 7) is 2.24. The van der Waals surface area contributed by atoms with Gasteiger partial charge in [-0.2, -0.15) is 0 Å². The van der Waals surface area contributed by atoms with Crippen LogP contribution in [0.4, 0.5) is 0 Å². The molecule has 0 aliphatic rings. The van der Waals surface area contributed by atoms with Gasteiger partial charge in [-0.05, 0) is 47.7 Å². The molecule has 0 spiro atoms. The lowest BCUT2D eigenvalue weighted by Gasteiger charge is -2.13. The van der Waals surface area contributed by atoms with Gasteiger partial charge in [0.25, 0.3) is 0 Å². The van der Waals surface area contributed by atoms with Crippen molar-refractivity contribution in [1.82, 2.24) is 0 Å². The first kappa shape index (κ1) is 13.5. The van der Waals surface area contributed by atoms with Crippen molar-refractivity contribution < 1.29 is 9.47 Å². The molecule has 0 saturated carbocycles. The van der Waals surface area contributed by atoms with Crippen LogP contribution >= 0.6 is 0 Å². The van der Waals surface area contributed by atoms with Crippen molar-refractivity contribution in [1.29, 1.82) is 0 Å². The number of ether oxygens (including phenoxy) is 2. The normalized spacial score (nSPS) is 11.9. The van der Waals surface area contributed by atoms with Gasteiger partial charge in [0.05, 0.1) is 14.2 Å². The lowest BCUT2D eigenvalue weighted by atomic mass is 9.93. The molecule has 0 fully saturated rings. The standard InChI is InChI=1S/C17H20O2/c1-13(15-7-9-16(18-2)10-8-15)11-14-5-4-6-17(12-14)19-3/h4-10,12-13H,11H2,1-3H3. The van der Waals surface area contributed by atoms with Crippen LogP contribution in [0.5, 0.6) is 11.5 Å². The molecule has 0 bridgehead atoms. The van der Waals surface area contributed by atoms with Crippen LogP contribution in [0.25, 0.3) is 0 Å². The van der Waals surface area contributed by atoms with Crippen molar-refractivity contribution in [3.05, 3.63) is 59.7 Å². The monoisotopic (exact) mass is 256 g/mol. The lowest BCUT2D eigenvalue weighted by Crippen LogP contribution is -1.99. The van der Waals surface area contributed by atoms with E-state index in [2.05, 4.69) is 31.2 Å². The predicted octanol–water partition coefficient (Wildman–Crippen LogP) is 4.05. The van der Waals surface area contributed by atoms with E-state index in [-0.39, 0.29) is 0 Å². The number of hydrogen-bond acceptors (Lipinski definition) is 2. The van der Waals surface area contributed by atoms with Crippen molar-refractivity contribution in [2.75, 3.05) is 14.2 Å². The second-order valence-corrected chi connectivity index (χ2v) is 4.73. The van der Waals surface area contributed by atoms with Crippen molar-refractivity contribution in [2.45, 2.75) is 19.3 Å². The molecule has 2 aromatic rings. The Labute approximate surface area is 115 Å². The lowest BCUT2D eigenvalue weighted by molar-refractivity contribution is 0.414. The molecule has 0 radical (unpaired) electrons. The van der Waals surface area contributed by atoms with Crippen LogP contribution in [0.2, 0.25) is 0 Å². The molecule has 0 N–H and O–H groups in total. The van der Waals surface area contributed by atoms with Gasteiger partial charge >= 0.3 is 0 Å². The number of methoxy groups -OCH3 is 2. The molecule has 0 amide bonds. The van der Waals surface area contributed by atoms with E-state index in [1.807, 2.05) is 24.3 Å². The molecule has 100 valence electrons. The minimum Gasteiger partial charge on any atom is -0.497 e. The molecule has 0 aliphatic heterocycles. The fourth-order valence-electron chi connectivity index (χ4n) is 2.20. The molecule has 1 atom stereocenters.